The van der Waals surface area contributed by atoms with E-state index in [4.69, 9.17) is 23.2 Å². The molecule has 23 heavy (non-hydrogen) atoms. The summed E-state index contributed by atoms with van der Waals surface area (Å²) >= 11 is 11.7. The summed E-state index contributed by atoms with van der Waals surface area (Å²) < 4.78 is 0. The number of piperidine rings is 1. The number of halogens is 2. The van der Waals surface area contributed by atoms with Crippen molar-refractivity contribution in [3.05, 3.63) is 34.9 Å². The topological polar surface area (TPSA) is 49.4 Å². The fourth-order valence-corrected chi connectivity index (χ4v) is 2.97. The fraction of sp³-hybridized carbons (Fsp3) is 0.529. The summed E-state index contributed by atoms with van der Waals surface area (Å²) in [5.74, 6) is 0.0228. The van der Waals surface area contributed by atoms with Crippen LogP contribution in [0.2, 0.25) is 5.02 Å². The molecule has 1 fully saturated rings. The van der Waals surface area contributed by atoms with Crippen LogP contribution in [0.25, 0.3) is 0 Å². The van der Waals surface area contributed by atoms with E-state index in [-0.39, 0.29) is 17.9 Å². The van der Waals surface area contributed by atoms with Crippen molar-refractivity contribution in [3.8, 4) is 0 Å². The van der Waals surface area contributed by atoms with Crippen LogP contribution in [0.4, 0.5) is 0 Å². The van der Waals surface area contributed by atoms with Gasteiger partial charge < -0.3 is 10.2 Å². The zero-order valence-electron chi connectivity index (χ0n) is 13.2. The van der Waals surface area contributed by atoms with Crippen LogP contribution in [0.1, 0.15) is 31.7 Å². The predicted molar refractivity (Wildman–Crippen MR) is 92.8 cm³/mol. The Morgan fingerprint density at radius 1 is 1.26 bits per heavy atom. The van der Waals surface area contributed by atoms with E-state index in [0.29, 0.717) is 31.0 Å². The number of amides is 2. The lowest BCUT2D eigenvalue weighted by atomic mass is 10.0. The predicted octanol–water partition coefficient (Wildman–Crippen LogP) is 3.01. The van der Waals surface area contributed by atoms with Crippen LogP contribution in [0.15, 0.2) is 24.3 Å². The SMILES string of the molecule is CC(Cl)C(=O)N1CCC(NC(=O)CCc2ccc(Cl)cc2)CC1. The lowest BCUT2D eigenvalue weighted by molar-refractivity contribution is -0.131. The van der Waals surface area contributed by atoms with Gasteiger partial charge in [0.05, 0.1) is 0 Å². The molecule has 4 nitrogen and oxygen atoms in total. The van der Waals surface area contributed by atoms with E-state index < -0.39 is 5.38 Å². The van der Waals surface area contributed by atoms with Gasteiger partial charge in [-0.1, -0.05) is 23.7 Å². The molecule has 2 rings (SSSR count). The lowest BCUT2D eigenvalue weighted by Gasteiger charge is -2.33. The summed E-state index contributed by atoms with van der Waals surface area (Å²) in [7, 11) is 0. The minimum atomic E-state index is -0.486. The Hall–Kier alpha value is -1.26. The van der Waals surface area contributed by atoms with Crippen molar-refractivity contribution in [2.45, 2.75) is 44.0 Å². The van der Waals surface area contributed by atoms with Crippen LogP contribution < -0.4 is 5.32 Å². The number of hydrogen-bond donors (Lipinski definition) is 1. The molecule has 1 atom stereocenters. The van der Waals surface area contributed by atoms with Crippen molar-refractivity contribution in [1.29, 1.82) is 0 Å². The molecule has 1 aromatic carbocycles. The average molecular weight is 357 g/mol. The molecule has 0 bridgehead atoms. The molecule has 1 aliphatic rings. The van der Waals surface area contributed by atoms with Crippen LogP contribution in [-0.4, -0.2) is 41.2 Å². The molecule has 0 aliphatic carbocycles. The molecule has 1 saturated heterocycles. The first-order valence-electron chi connectivity index (χ1n) is 7.92. The largest absolute Gasteiger partial charge is 0.353 e. The highest BCUT2D eigenvalue weighted by Crippen LogP contribution is 2.14. The van der Waals surface area contributed by atoms with E-state index in [1.54, 1.807) is 11.8 Å². The van der Waals surface area contributed by atoms with E-state index >= 15 is 0 Å². The second-order valence-electron chi connectivity index (χ2n) is 5.91. The Balaban J connectivity index is 1.70. The molecule has 0 radical (unpaired) electrons. The van der Waals surface area contributed by atoms with Crippen LogP contribution in [-0.2, 0) is 16.0 Å². The van der Waals surface area contributed by atoms with Crippen molar-refractivity contribution >= 4 is 35.0 Å². The number of alkyl halides is 1. The minimum absolute atomic E-state index is 0.0285. The van der Waals surface area contributed by atoms with E-state index in [1.807, 2.05) is 24.3 Å². The molecule has 1 heterocycles. The van der Waals surface area contributed by atoms with Gasteiger partial charge in [0.15, 0.2) is 0 Å². The highest BCUT2D eigenvalue weighted by Gasteiger charge is 2.25. The van der Waals surface area contributed by atoms with Gasteiger partial charge in [-0.05, 0) is 43.9 Å². The third-order valence-corrected chi connectivity index (χ3v) is 4.50. The summed E-state index contributed by atoms with van der Waals surface area (Å²) in [6.45, 7) is 2.99. The number of benzene rings is 1. The summed E-state index contributed by atoms with van der Waals surface area (Å²) in [5.41, 5.74) is 1.10. The number of hydrogen-bond acceptors (Lipinski definition) is 2. The van der Waals surface area contributed by atoms with Crippen molar-refractivity contribution in [2.75, 3.05) is 13.1 Å². The molecule has 0 aromatic heterocycles. The number of aryl methyl sites for hydroxylation is 1. The molecule has 1 aliphatic heterocycles. The quantitative estimate of drug-likeness (QED) is 0.824. The molecule has 1 aromatic rings. The van der Waals surface area contributed by atoms with Gasteiger partial charge in [0.25, 0.3) is 0 Å². The maximum absolute atomic E-state index is 12.0. The Kier molecular flexibility index (Phi) is 6.72. The van der Waals surface area contributed by atoms with Gasteiger partial charge in [-0.2, -0.15) is 0 Å². The van der Waals surface area contributed by atoms with E-state index in [2.05, 4.69) is 5.32 Å². The maximum Gasteiger partial charge on any atom is 0.240 e. The summed E-state index contributed by atoms with van der Waals surface area (Å²) in [6, 6.07) is 7.68. The van der Waals surface area contributed by atoms with Crippen molar-refractivity contribution in [3.63, 3.8) is 0 Å². The monoisotopic (exact) mass is 356 g/mol. The molecular weight excluding hydrogens is 335 g/mol. The number of rotatable bonds is 5. The van der Waals surface area contributed by atoms with Crippen molar-refractivity contribution in [2.24, 2.45) is 0 Å². The first-order chi connectivity index (χ1) is 11.0. The zero-order chi connectivity index (χ0) is 16.8. The fourth-order valence-electron chi connectivity index (χ4n) is 2.70. The highest BCUT2D eigenvalue weighted by molar-refractivity contribution is 6.30. The second kappa shape index (κ2) is 8.55. The highest BCUT2D eigenvalue weighted by atomic mass is 35.5. The molecular formula is C17H22Cl2N2O2. The molecule has 6 heteroatoms. The van der Waals surface area contributed by atoms with Crippen LogP contribution in [0, 0.1) is 0 Å². The first kappa shape index (κ1) is 18.1. The summed E-state index contributed by atoms with van der Waals surface area (Å²) in [5, 5.41) is 3.27. The average Bonchev–Trinajstić information content (AvgIpc) is 2.54. The number of carbonyl (C=O) groups excluding carboxylic acids is 2. The lowest BCUT2D eigenvalue weighted by Crippen LogP contribution is -2.48. The summed E-state index contributed by atoms with van der Waals surface area (Å²) in [6.07, 6.45) is 2.72. The van der Waals surface area contributed by atoms with Gasteiger partial charge in [-0.3, -0.25) is 9.59 Å². The van der Waals surface area contributed by atoms with E-state index in [9.17, 15) is 9.59 Å². The van der Waals surface area contributed by atoms with Gasteiger partial charge in [-0.25, -0.2) is 0 Å². The van der Waals surface area contributed by atoms with E-state index in [0.717, 1.165) is 18.4 Å². The van der Waals surface area contributed by atoms with Gasteiger partial charge >= 0.3 is 0 Å². The Morgan fingerprint density at radius 2 is 1.87 bits per heavy atom. The molecule has 126 valence electrons. The molecule has 0 saturated carbocycles. The third-order valence-electron chi connectivity index (χ3n) is 4.07. The number of nitrogens with one attached hydrogen (secondary N) is 1. The molecule has 2 amide bonds. The van der Waals surface area contributed by atoms with Gasteiger partial charge in [-0.15, -0.1) is 11.6 Å². The number of likely N-dealkylation sites (tertiary alicyclic amines) is 1. The van der Waals surface area contributed by atoms with Crippen molar-refractivity contribution < 1.29 is 9.59 Å². The second-order valence-corrected chi connectivity index (χ2v) is 7.00. The third kappa shape index (κ3) is 5.70. The Morgan fingerprint density at radius 3 is 2.43 bits per heavy atom. The van der Waals surface area contributed by atoms with Gasteiger partial charge in [0, 0.05) is 30.6 Å². The van der Waals surface area contributed by atoms with Gasteiger partial charge in [0.1, 0.15) is 5.38 Å². The van der Waals surface area contributed by atoms with Crippen molar-refractivity contribution in [1.82, 2.24) is 10.2 Å². The Labute approximate surface area is 147 Å². The first-order valence-corrected chi connectivity index (χ1v) is 8.74. The molecule has 1 N–H and O–H groups in total. The van der Waals surface area contributed by atoms with Gasteiger partial charge in [0.2, 0.25) is 11.8 Å². The smallest absolute Gasteiger partial charge is 0.240 e. The number of carbonyl (C=O) groups is 2. The Bertz CT molecular complexity index is 538. The molecule has 1 unspecified atom stereocenters. The summed E-state index contributed by atoms with van der Waals surface area (Å²) in [4.78, 5) is 25.6. The number of nitrogens with zero attached hydrogens (tertiary/aromatic N) is 1. The van der Waals surface area contributed by atoms with Crippen LogP contribution in [0.3, 0.4) is 0 Å². The van der Waals surface area contributed by atoms with Crippen LogP contribution in [0.5, 0.6) is 0 Å². The minimum Gasteiger partial charge on any atom is -0.353 e. The molecule has 0 spiro atoms. The zero-order valence-corrected chi connectivity index (χ0v) is 14.7. The standard InChI is InChI=1S/C17H22Cl2N2O2/c1-12(18)17(23)21-10-8-15(9-11-21)20-16(22)7-4-13-2-5-14(19)6-3-13/h2-3,5-6,12,15H,4,7-11H2,1H3,(H,20,22). The maximum atomic E-state index is 12.0. The van der Waals surface area contributed by atoms with Crippen LogP contribution >= 0.6 is 23.2 Å². The normalized spacial score (nSPS) is 16.9. The van der Waals surface area contributed by atoms with E-state index in [1.165, 1.54) is 0 Å².